The fraction of sp³-hybridized carbons (Fsp3) is 0. The van der Waals surface area contributed by atoms with Crippen LogP contribution in [0.25, 0.3) is 0 Å². The molecule has 0 saturated heterocycles. The van der Waals surface area contributed by atoms with Crippen molar-refractivity contribution in [1.29, 1.82) is 0 Å². The van der Waals surface area contributed by atoms with Crippen LogP contribution in [-0.2, 0) is 4.79 Å². The number of rotatable bonds is 4. The first-order chi connectivity index (χ1) is 9.20. The molecular weight excluding hydrogens is 238 g/mol. The van der Waals surface area contributed by atoms with Gasteiger partial charge in [0.25, 0.3) is 0 Å². The lowest BCUT2D eigenvalue weighted by Gasteiger charge is -2.04. The van der Waals surface area contributed by atoms with Gasteiger partial charge in [0.05, 0.1) is 0 Å². The van der Waals surface area contributed by atoms with Crippen LogP contribution in [0.4, 0.5) is 5.69 Å². The van der Waals surface area contributed by atoms with E-state index in [1.807, 2.05) is 18.2 Å². The number of hydrogen-bond acceptors (Lipinski definition) is 2. The van der Waals surface area contributed by atoms with Crippen LogP contribution in [0.2, 0.25) is 0 Å². The van der Waals surface area contributed by atoms with E-state index in [1.165, 1.54) is 6.08 Å². The largest absolute Gasteiger partial charge is 0.323 e. The first-order valence-electron chi connectivity index (χ1n) is 5.84. The van der Waals surface area contributed by atoms with Crippen molar-refractivity contribution in [2.75, 3.05) is 5.32 Å². The van der Waals surface area contributed by atoms with E-state index in [0.29, 0.717) is 16.8 Å². The maximum atomic E-state index is 12.1. The monoisotopic (exact) mass is 251 g/mol. The molecule has 0 fully saturated rings. The Bertz CT molecular complexity index is 600. The molecule has 0 bridgehead atoms. The molecular formula is C16H13NO2. The van der Waals surface area contributed by atoms with Crippen molar-refractivity contribution >= 4 is 17.4 Å². The molecule has 0 aliphatic carbocycles. The lowest BCUT2D eigenvalue weighted by Crippen LogP contribution is -2.07. The summed E-state index contributed by atoms with van der Waals surface area (Å²) in [5, 5.41) is 2.63. The molecule has 1 amide bonds. The highest BCUT2D eigenvalue weighted by molar-refractivity contribution is 6.09. The summed E-state index contributed by atoms with van der Waals surface area (Å²) in [6, 6.07) is 15.8. The zero-order chi connectivity index (χ0) is 13.7. The van der Waals surface area contributed by atoms with E-state index in [4.69, 9.17) is 0 Å². The molecule has 0 aliphatic rings. The van der Waals surface area contributed by atoms with Gasteiger partial charge in [-0.3, -0.25) is 9.59 Å². The van der Waals surface area contributed by atoms with Gasteiger partial charge in [0, 0.05) is 16.8 Å². The summed E-state index contributed by atoms with van der Waals surface area (Å²) in [7, 11) is 0. The SMILES string of the molecule is C=CC(=O)Nc1ccc(C(=O)c2ccccc2)cc1. The number of carbonyl (C=O) groups excluding carboxylic acids is 2. The zero-order valence-electron chi connectivity index (χ0n) is 10.3. The topological polar surface area (TPSA) is 46.2 Å². The van der Waals surface area contributed by atoms with Gasteiger partial charge in [0.2, 0.25) is 5.91 Å². The van der Waals surface area contributed by atoms with Crippen molar-refractivity contribution in [3.63, 3.8) is 0 Å². The van der Waals surface area contributed by atoms with Crippen LogP contribution in [0.3, 0.4) is 0 Å². The quantitative estimate of drug-likeness (QED) is 0.670. The Morgan fingerprint density at radius 1 is 0.895 bits per heavy atom. The van der Waals surface area contributed by atoms with Crippen molar-refractivity contribution in [1.82, 2.24) is 0 Å². The second-order valence-corrected chi connectivity index (χ2v) is 3.97. The van der Waals surface area contributed by atoms with Crippen molar-refractivity contribution in [2.24, 2.45) is 0 Å². The highest BCUT2D eigenvalue weighted by atomic mass is 16.1. The third kappa shape index (κ3) is 3.16. The Balaban J connectivity index is 2.17. The van der Waals surface area contributed by atoms with Crippen LogP contribution in [0.5, 0.6) is 0 Å². The Kier molecular flexibility index (Phi) is 3.88. The molecule has 0 radical (unpaired) electrons. The van der Waals surface area contributed by atoms with Crippen LogP contribution in [-0.4, -0.2) is 11.7 Å². The summed E-state index contributed by atoms with van der Waals surface area (Å²) < 4.78 is 0. The normalized spacial score (nSPS) is 9.68. The Labute approximate surface area is 111 Å². The average Bonchev–Trinajstić information content (AvgIpc) is 2.48. The van der Waals surface area contributed by atoms with E-state index >= 15 is 0 Å². The van der Waals surface area contributed by atoms with Gasteiger partial charge in [-0.05, 0) is 30.3 Å². The van der Waals surface area contributed by atoms with Gasteiger partial charge in [-0.1, -0.05) is 36.9 Å². The van der Waals surface area contributed by atoms with Gasteiger partial charge in [-0.15, -0.1) is 0 Å². The number of benzene rings is 2. The molecule has 2 rings (SSSR count). The van der Waals surface area contributed by atoms with Gasteiger partial charge in [-0.2, -0.15) is 0 Å². The molecule has 0 heterocycles. The van der Waals surface area contributed by atoms with Crippen molar-refractivity contribution < 1.29 is 9.59 Å². The number of nitrogens with one attached hydrogen (secondary N) is 1. The molecule has 0 unspecified atom stereocenters. The minimum Gasteiger partial charge on any atom is -0.323 e. The van der Waals surface area contributed by atoms with Crippen LogP contribution < -0.4 is 5.32 Å². The Hall–Kier alpha value is -2.68. The second-order valence-electron chi connectivity index (χ2n) is 3.97. The second kappa shape index (κ2) is 5.78. The molecule has 3 nitrogen and oxygen atoms in total. The smallest absolute Gasteiger partial charge is 0.247 e. The molecule has 1 N–H and O–H groups in total. The molecule has 0 spiro atoms. The van der Waals surface area contributed by atoms with Crippen molar-refractivity contribution in [3.8, 4) is 0 Å². The predicted octanol–water partition coefficient (Wildman–Crippen LogP) is 3.04. The number of ketones is 1. The summed E-state index contributed by atoms with van der Waals surface area (Å²) in [4.78, 5) is 23.3. The summed E-state index contributed by atoms with van der Waals surface area (Å²) in [5.74, 6) is -0.315. The van der Waals surface area contributed by atoms with E-state index in [-0.39, 0.29) is 11.7 Å². The lowest BCUT2D eigenvalue weighted by atomic mass is 10.0. The summed E-state index contributed by atoms with van der Waals surface area (Å²) in [5.41, 5.74) is 1.86. The van der Waals surface area contributed by atoms with Gasteiger partial charge in [0.15, 0.2) is 5.78 Å². The van der Waals surface area contributed by atoms with E-state index in [0.717, 1.165) is 0 Å². The van der Waals surface area contributed by atoms with E-state index in [9.17, 15) is 9.59 Å². The fourth-order valence-corrected chi connectivity index (χ4v) is 1.65. The molecule has 2 aromatic carbocycles. The number of amides is 1. The summed E-state index contributed by atoms with van der Waals surface area (Å²) in [6.07, 6.45) is 1.20. The van der Waals surface area contributed by atoms with E-state index in [2.05, 4.69) is 11.9 Å². The Morgan fingerprint density at radius 3 is 2.05 bits per heavy atom. The third-order valence-corrected chi connectivity index (χ3v) is 2.64. The first-order valence-corrected chi connectivity index (χ1v) is 5.84. The third-order valence-electron chi connectivity index (χ3n) is 2.64. The molecule has 2 aromatic rings. The number of carbonyl (C=O) groups is 2. The number of hydrogen-bond donors (Lipinski definition) is 1. The van der Waals surface area contributed by atoms with Crippen LogP contribution in [0.1, 0.15) is 15.9 Å². The highest BCUT2D eigenvalue weighted by Crippen LogP contribution is 2.13. The maximum Gasteiger partial charge on any atom is 0.247 e. The van der Waals surface area contributed by atoms with Gasteiger partial charge in [-0.25, -0.2) is 0 Å². The van der Waals surface area contributed by atoms with E-state index < -0.39 is 0 Å². The minimum atomic E-state index is -0.276. The highest BCUT2D eigenvalue weighted by Gasteiger charge is 2.08. The molecule has 0 aromatic heterocycles. The maximum absolute atomic E-state index is 12.1. The molecule has 19 heavy (non-hydrogen) atoms. The molecule has 0 aliphatic heterocycles. The van der Waals surface area contributed by atoms with Crippen LogP contribution in [0.15, 0.2) is 67.3 Å². The first kappa shape index (κ1) is 12.8. The molecule has 0 saturated carbocycles. The molecule has 3 heteroatoms. The van der Waals surface area contributed by atoms with Gasteiger partial charge >= 0.3 is 0 Å². The standard InChI is InChI=1S/C16H13NO2/c1-2-15(18)17-14-10-8-13(9-11-14)16(19)12-6-4-3-5-7-12/h2-11H,1H2,(H,17,18). The van der Waals surface area contributed by atoms with Gasteiger partial charge < -0.3 is 5.32 Å². The van der Waals surface area contributed by atoms with Crippen molar-refractivity contribution in [2.45, 2.75) is 0 Å². The van der Waals surface area contributed by atoms with Gasteiger partial charge in [0.1, 0.15) is 0 Å². The summed E-state index contributed by atoms with van der Waals surface area (Å²) in [6.45, 7) is 3.38. The minimum absolute atomic E-state index is 0.0396. The van der Waals surface area contributed by atoms with Crippen LogP contribution >= 0.6 is 0 Å². The lowest BCUT2D eigenvalue weighted by molar-refractivity contribution is -0.111. The average molecular weight is 251 g/mol. The van der Waals surface area contributed by atoms with Crippen molar-refractivity contribution in [3.05, 3.63) is 78.4 Å². The molecule has 0 atom stereocenters. The fourth-order valence-electron chi connectivity index (χ4n) is 1.65. The zero-order valence-corrected chi connectivity index (χ0v) is 10.3. The summed E-state index contributed by atoms with van der Waals surface area (Å²) >= 11 is 0. The van der Waals surface area contributed by atoms with E-state index in [1.54, 1.807) is 36.4 Å². The molecule has 94 valence electrons. The number of anilines is 1. The predicted molar refractivity (Wildman–Crippen MR) is 75.1 cm³/mol. The Morgan fingerprint density at radius 2 is 1.47 bits per heavy atom. The van der Waals surface area contributed by atoms with Crippen LogP contribution in [0, 0.1) is 0 Å².